The maximum atomic E-state index is 15.0. The van der Waals surface area contributed by atoms with Crippen LogP contribution in [0.15, 0.2) is 16.9 Å². The van der Waals surface area contributed by atoms with Crippen molar-refractivity contribution < 1.29 is 33.7 Å². The molecule has 6 rings (SSSR count). The monoisotopic (exact) mass is 535 g/mol. The first-order chi connectivity index (χ1) is 18.6. The van der Waals surface area contributed by atoms with Crippen LogP contribution in [0.3, 0.4) is 0 Å². The Balaban J connectivity index is 1.59. The summed E-state index contributed by atoms with van der Waals surface area (Å²) in [6.07, 6.45) is 0.423. The lowest BCUT2D eigenvalue weighted by Gasteiger charge is -2.31. The van der Waals surface area contributed by atoms with Gasteiger partial charge in [0, 0.05) is 22.6 Å². The molecular formula is C28H26FN3O7. The van der Waals surface area contributed by atoms with Crippen molar-refractivity contribution in [3.8, 4) is 11.4 Å². The number of fused-ring (bicyclic) bond motifs is 5. The number of pyridine rings is 2. The van der Waals surface area contributed by atoms with Crippen molar-refractivity contribution in [2.24, 2.45) is 0 Å². The van der Waals surface area contributed by atoms with Crippen LogP contribution in [0.4, 0.5) is 4.39 Å². The maximum Gasteiger partial charge on any atom is 0.343 e. The summed E-state index contributed by atoms with van der Waals surface area (Å²) >= 11 is 0. The molecule has 4 heterocycles. The van der Waals surface area contributed by atoms with E-state index in [2.05, 4.69) is 5.32 Å². The van der Waals surface area contributed by atoms with Crippen molar-refractivity contribution in [2.75, 3.05) is 6.61 Å². The van der Waals surface area contributed by atoms with Crippen molar-refractivity contribution in [1.82, 2.24) is 14.9 Å². The molecule has 0 bridgehead atoms. The lowest BCUT2D eigenvalue weighted by atomic mass is 9.81. The molecule has 202 valence electrons. The van der Waals surface area contributed by atoms with E-state index in [9.17, 15) is 28.7 Å². The molecule has 2 aromatic heterocycles. The standard InChI is InChI=1S/C28H26FN3O7/c1-3-28(38)17-7-21-25-15(9-32(21)26(36)16(17)11-39-27(28)37)24-19(30-22(35)6-13(34)10-33)5-4-14-12(2)18(29)8-20(31-25)23(14)24/h7-8,19,33,38H,3-6,9-11H2,1-2H3,(H,30,35)/t19-,28-/m0/s1. The van der Waals surface area contributed by atoms with E-state index in [4.69, 9.17) is 14.8 Å². The summed E-state index contributed by atoms with van der Waals surface area (Å²) in [6.45, 7) is 2.42. The summed E-state index contributed by atoms with van der Waals surface area (Å²) in [6, 6.07) is 2.37. The Morgan fingerprint density at radius 1 is 1.26 bits per heavy atom. The molecular weight excluding hydrogens is 509 g/mol. The highest BCUT2D eigenvalue weighted by Gasteiger charge is 2.46. The fourth-order valence-corrected chi connectivity index (χ4v) is 6.18. The number of esters is 1. The van der Waals surface area contributed by atoms with Gasteiger partial charge in [0.15, 0.2) is 11.4 Å². The van der Waals surface area contributed by atoms with Crippen LogP contribution in [0.5, 0.6) is 0 Å². The topological polar surface area (TPSA) is 148 Å². The van der Waals surface area contributed by atoms with Crippen LogP contribution >= 0.6 is 0 Å². The number of rotatable bonds is 5. The average molecular weight is 536 g/mol. The van der Waals surface area contributed by atoms with Gasteiger partial charge in [0.1, 0.15) is 19.0 Å². The Labute approximate surface area is 221 Å². The zero-order valence-electron chi connectivity index (χ0n) is 21.4. The highest BCUT2D eigenvalue weighted by molar-refractivity contribution is 5.99. The molecule has 3 N–H and O–H groups in total. The molecule has 3 aliphatic rings. The van der Waals surface area contributed by atoms with Gasteiger partial charge in [0.25, 0.3) is 5.56 Å². The number of amides is 1. The number of Topliss-reactive ketones (excluding diaryl/α,β-unsaturated/α-hetero) is 1. The summed E-state index contributed by atoms with van der Waals surface area (Å²) in [5.41, 5.74) is 1.70. The zero-order chi connectivity index (χ0) is 27.8. The fraction of sp³-hybridized carbons (Fsp3) is 0.393. The van der Waals surface area contributed by atoms with Gasteiger partial charge in [-0.25, -0.2) is 14.2 Å². The largest absolute Gasteiger partial charge is 0.458 e. The lowest BCUT2D eigenvalue weighted by Crippen LogP contribution is -2.44. The van der Waals surface area contributed by atoms with E-state index in [0.717, 1.165) is 5.56 Å². The number of hydrogen-bond acceptors (Lipinski definition) is 8. The molecule has 0 saturated carbocycles. The molecule has 1 aliphatic carbocycles. The average Bonchev–Trinajstić information content (AvgIpc) is 3.28. The molecule has 0 fully saturated rings. The van der Waals surface area contributed by atoms with Crippen molar-refractivity contribution in [3.05, 3.63) is 61.7 Å². The minimum absolute atomic E-state index is 0.000499. The van der Waals surface area contributed by atoms with Crippen molar-refractivity contribution in [2.45, 2.75) is 64.3 Å². The number of carbonyl (C=O) groups is 3. The molecule has 2 atom stereocenters. The van der Waals surface area contributed by atoms with E-state index in [1.807, 2.05) is 0 Å². The van der Waals surface area contributed by atoms with E-state index in [1.54, 1.807) is 19.9 Å². The smallest absolute Gasteiger partial charge is 0.343 e. The van der Waals surface area contributed by atoms with Crippen LogP contribution in [0.1, 0.15) is 65.6 Å². The summed E-state index contributed by atoms with van der Waals surface area (Å²) in [5, 5.41) is 23.8. The van der Waals surface area contributed by atoms with Gasteiger partial charge in [-0.15, -0.1) is 0 Å². The number of halogens is 1. The molecule has 0 unspecified atom stereocenters. The molecule has 0 spiro atoms. The molecule has 0 radical (unpaired) electrons. The number of aliphatic hydroxyl groups is 2. The fourth-order valence-electron chi connectivity index (χ4n) is 6.18. The number of nitrogens with zero attached hydrogens (tertiary/aromatic N) is 2. The van der Waals surface area contributed by atoms with Gasteiger partial charge in [0.05, 0.1) is 41.5 Å². The third-order valence-electron chi connectivity index (χ3n) is 8.25. The quantitative estimate of drug-likeness (QED) is 0.258. The van der Waals surface area contributed by atoms with Gasteiger partial charge in [-0.05, 0) is 48.9 Å². The number of carbonyl (C=O) groups excluding carboxylic acids is 3. The van der Waals surface area contributed by atoms with Gasteiger partial charge in [0.2, 0.25) is 5.91 Å². The van der Waals surface area contributed by atoms with Gasteiger partial charge in [-0.2, -0.15) is 0 Å². The van der Waals surface area contributed by atoms with Gasteiger partial charge in [-0.1, -0.05) is 6.92 Å². The molecule has 0 saturated heterocycles. The zero-order valence-corrected chi connectivity index (χ0v) is 21.4. The van der Waals surface area contributed by atoms with E-state index in [0.29, 0.717) is 51.8 Å². The Bertz CT molecular complexity index is 1700. The van der Waals surface area contributed by atoms with Crippen LogP contribution < -0.4 is 10.9 Å². The van der Waals surface area contributed by atoms with Gasteiger partial charge >= 0.3 is 5.97 Å². The number of nitrogens with one attached hydrogen (secondary N) is 1. The Morgan fingerprint density at radius 2 is 2.03 bits per heavy atom. The predicted octanol–water partition coefficient (Wildman–Crippen LogP) is 1.58. The van der Waals surface area contributed by atoms with Gasteiger partial charge in [-0.3, -0.25) is 14.4 Å². The number of ether oxygens (including phenoxy) is 1. The number of benzene rings is 1. The number of aliphatic hydroxyl groups excluding tert-OH is 1. The SMILES string of the molecule is CC[C@@]1(O)C(=O)OCc2c1cc1n(c2=O)Cc2c-1nc1cc(F)c(C)c3c1c2[C@@H](NC(=O)CC(=O)CO)CC3. The predicted molar refractivity (Wildman–Crippen MR) is 135 cm³/mol. The molecule has 11 heteroatoms. The van der Waals surface area contributed by atoms with Gasteiger partial charge < -0.3 is 24.8 Å². The second-order valence-corrected chi connectivity index (χ2v) is 10.3. The normalized spacial score (nSPS) is 20.7. The third kappa shape index (κ3) is 3.56. The second kappa shape index (κ2) is 8.78. The summed E-state index contributed by atoms with van der Waals surface area (Å²) < 4.78 is 21.6. The number of ketones is 1. The molecule has 3 aromatic rings. The highest BCUT2D eigenvalue weighted by atomic mass is 19.1. The van der Waals surface area contributed by atoms with Crippen LogP contribution in [0.25, 0.3) is 22.3 Å². The minimum Gasteiger partial charge on any atom is -0.458 e. The second-order valence-electron chi connectivity index (χ2n) is 10.3. The molecule has 39 heavy (non-hydrogen) atoms. The summed E-state index contributed by atoms with van der Waals surface area (Å²) in [4.78, 5) is 55.2. The highest BCUT2D eigenvalue weighted by Crippen LogP contribution is 2.45. The summed E-state index contributed by atoms with van der Waals surface area (Å²) in [7, 11) is 0. The molecule has 2 aliphatic heterocycles. The Morgan fingerprint density at radius 3 is 2.74 bits per heavy atom. The third-order valence-corrected chi connectivity index (χ3v) is 8.25. The van der Waals surface area contributed by atoms with Crippen LogP contribution in [0, 0.1) is 12.7 Å². The number of hydrogen-bond donors (Lipinski definition) is 3. The Kier molecular flexibility index (Phi) is 5.70. The number of aromatic nitrogens is 2. The van der Waals surface area contributed by atoms with E-state index in [1.165, 1.54) is 10.6 Å². The maximum absolute atomic E-state index is 15.0. The van der Waals surface area contributed by atoms with E-state index in [-0.39, 0.29) is 30.7 Å². The molecule has 1 amide bonds. The van der Waals surface area contributed by atoms with Crippen LogP contribution in [-0.2, 0) is 44.3 Å². The minimum atomic E-state index is -1.98. The molecule has 1 aromatic carbocycles. The van der Waals surface area contributed by atoms with E-state index >= 15 is 0 Å². The number of aryl methyl sites for hydroxylation is 1. The van der Waals surface area contributed by atoms with Crippen molar-refractivity contribution >= 4 is 28.6 Å². The van der Waals surface area contributed by atoms with Crippen LogP contribution in [-0.4, -0.2) is 44.0 Å². The lowest BCUT2D eigenvalue weighted by molar-refractivity contribution is -0.172. The van der Waals surface area contributed by atoms with Crippen molar-refractivity contribution in [3.63, 3.8) is 0 Å². The van der Waals surface area contributed by atoms with Crippen LogP contribution in [0.2, 0.25) is 0 Å². The Hall–Kier alpha value is -3.96. The van der Waals surface area contributed by atoms with E-state index < -0.39 is 53.7 Å². The summed E-state index contributed by atoms with van der Waals surface area (Å²) in [5.74, 6) is -2.41. The van der Waals surface area contributed by atoms with Crippen molar-refractivity contribution in [1.29, 1.82) is 0 Å². The number of cyclic esters (lactones) is 1. The first-order valence-corrected chi connectivity index (χ1v) is 12.8. The molecule has 10 nitrogen and oxygen atoms in total. The first kappa shape index (κ1) is 25.3. The first-order valence-electron chi connectivity index (χ1n) is 12.8.